The van der Waals surface area contributed by atoms with E-state index in [0.717, 1.165) is 22.6 Å². The van der Waals surface area contributed by atoms with Crippen LogP contribution in [-0.4, -0.2) is 58.4 Å². The molecule has 1 fully saturated rings. The summed E-state index contributed by atoms with van der Waals surface area (Å²) >= 11 is 1.48. The van der Waals surface area contributed by atoms with Crippen molar-refractivity contribution in [3.63, 3.8) is 0 Å². The van der Waals surface area contributed by atoms with Crippen LogP contribution in [0.25, 0.3) is 0 Å². The molecule has 0 aromatic carbocycles. The highest BCUT2D eigenvalue weighted by molar-refractivity contribution is 7.13. The average molecular weight is 338 g/mol. The molecular weight excluding hydrogens is 316 g/mol. The van der Waals surface area contributed by atoms with Gasteiger partial charge in [0.05, 0.1) is 4.88 Å². The lowest BCUT2D eigenvalue weighted by Crippen LogP contribution is -2.43. The Morgan fingerprint density at radius 2 is 2.04 bits per heavy atom. The maximum atomic E-state index is 12.5. The van der Waals surface area contributed by atoms with Gasteiger partial charge in [-0.05, 0) is 38.3 Å². The smallest absolute Gasteiger partial charge is 0.323 e. The summed E-state index contributed by atoms with van der Waals surface area (Å²) in [5.41, 5.74) is 0. The van der Waals surface area contributed by atoms with Gasteiger partial charge in [-0.1, -0.05) is 0 Å². The minimum absolute atomic E-state index is 0.0244. The van der Waals surface area contributed by atoms with Gasteiger partial charge in [-0.3, -0.25) is 14.4 Å². The van der Waals surface area contributed by atoms with E-state index in [0.29, 0.717) is 19.5 Å². The van der Waals surface area contributed by atoms with Crippen molar-refractivity contribution < 1.29 is 19.5 Å². The van der Waals surface area contributed by atoms with Crippen LogP contribution in [0.4, 0.5) is 0 Å². The molecule has 1 aromatic heterocycles. The molecule has 0 aliphatic carbocycles. The lowest BCUT2D eigenvalue weighted by Gasteiger charge is -2.28. The van der Waals surface area contributed by atoms with E-state index in [2.05, 4.69) is 0 Å². The molecule has 23 heavy (non-hydrogen) atoms. The topological polar surface area (TPSA) is 77.9 Å². The summed E-state index contributed by atoms with van der Waals surface area (Å²) in [5, 5.41) is 8.97. The van der Waals surface area contributed by atoms with Gasteiger partial charge in [0.25, 0.3) is 5.91 Å². The van der Waals surface area contributed by atoms with Crippen molar-refractivity contribution in [3.8, 4) is 0 Å². The Balaban J connectivity index is 2.02. The number of carboxylic acids is 1. The average Bonchev–Trinajstić information content (AvgIpc) is 2.78. The molecule has 0 spiro atoms. The predicted molar refractivity (Wildman–Crippen MR) is 87.6 cm³/mol. The van der Waals surface area contributed by atoms with Gasteiger partial charge < -0.3 is 14.9 Å². The van der Waals surface area contributed by atoms with Crippen molar-refractivity contribution in [2.75, 3.05) is 19.6 Å². The lowest BCUT2D eigenvalue weighted by atomic mass is 10.1. The van der Waals surface area contributed by atoms with Crippen LogP contribution in [0.2, 0.25) is 0 Å². The molecule has 0 unspecified atom stereocenters. The maximum Gasteiger partial charge on any atom is 0.323 e. The van der Waals surface area contributed by atoms with E-state index in [9.17, 15) is 14.4 Å². The fourth-order valence-corrected chi connectivity index (χ4v) is 3.78. The number of carbonyl (C=O) groups is 3. The Morgan fingerprint density at radius 1 is 1.30 bits per heavy atom. The number of carbonyl (C=O) groups excluding carboxylic acids is 2. The number of carboxylic acid groups (broad SMARTS) is 1. The molecule has 0 bridgehead atoms. The van der Waals surface area contributed by atoms with E-state index in [-0.39, 0.29) is 24.4 Å². The van der Waals surface area contributed by atoms with E-state index in [1.54, 1.807) is 0 Å². The number of thiophene rings is 1. The van der Waals surface area contributed by atoms with Crippen LogP contribution in [0, 0.1) is 6.92 Å². The number of aryl methyl sites for hydroxylation is 1. The molecule has 7 heteroatoms. The van der Waals surface area contributed by atoms with E-state index in [1.807, 2.05) is 24.0 Å². The van der Waals surface area contributed by atoms with Crippen LogP contribution >= 0.6 is 11.3 Å². The van der Waals surface area contributed by atoms with Crippen LogP contribution in [-0.2, 0) is 9.59 Å². The van der Waals surface area contributed by atoms with Crippen molar-refractivity contribution >= 4 is 29.1 Å². The third-order valence-electron chi connectivity index (χ3n) is 4.09. The number of amides is 2. The monoisotopic (exact) mass is 338 g/mol. The molecule has 6 nitrogen and oxygen atoms in total. The lowest BCUT2D eigenvalue weighted by molar-refractivity contribution is -0.145. The molecule has 1 atom stereocenters. The van der Waals surface area contributed by atoms with Crippen molar-refractivity contribution in [2.45, 2.75) is 39.2 Å². The summed E-state index contributed by atoms with van der Waals surface area (Å²) in [7, 11) is 0. The second kappa shape index (κ2) is 7.59. The van der Waals surface area contributed by atoms with Crippen molar-refractivity contribution in [1.29, 1.82) is 0 Å². The van der Waals surface area contributed by atoms with E-state index >= 15 is 0 Å². The first-order valence-corrected chi connectivity index (χ1v) is 8.55. The fourth-order valence-electron chi connectivity index (χ4n) is 2.94. The first kappa shape index (κ1) is 17.5. The number of hydrogen-bond donors (Lipinski definition) is 1. The second-order valence-corrected chi connectivity index (χ2v) is 7.12. The molecule has 1 N–H and O–H groups in total. The minimum Gasteiger partial charge on any atom is -0.480 e. The molecule has 1 saturated heterocycles. The Morgan fingerprint density at radius 3 is 2.61 bits per heavy atom. The molecule has 126 valence electrons. The molecule has 0 saturated carbocycles. The van der Waals surface area contributed by atoms with E-state index < -0.39 is 5.97 Å². The molecule has 1 aromatic rings. The van der Waals surface area contributed by atoms with Gasteiger partial charge in [0.1, 0.15) is 6.54 Å². The summed E-state index contributed by atoms with van der Waals surface area (Å²) in [5.74, 6) is -1.21. The Bertz CT molecular complexity index is 599. The fraction of sp³-hybridized carbons (Fsp3) is 0.562. The Hall–Kier alpha value is -1.89. The van der Waals surface area contributed by atoms with E-state index in [1.165, 1.54) is 23.2 Å². The zero-order valence-electron chi connectivity index (χ0n) is 13.4. The van der Waals surface area contributed by atoms with Gasteiger partial charge in [0, 0.05) is 30.9 Å². The molecule has 2 amide bonds. The normalized spacial score (nSPS) is 18.3. The summed E-state index contributed by atoms with van der Waals surface area (Å²) in [6, 6.07) is 3.66. The zero-order chi connectivity index (χ0) is 17.0. The van der Waals surface area contributed by atoms with Gasteiger partial charge in [-0.2, -0.15) is 0 Å². The zero-order valence-corrected chi connectivity index (χ0v) is 14.3. The van der Waals surface area contributed by atoms with Crippen LogP contribution in [0.3, 0.4) is 0 Å². The van der Waals surface area contributed by atoms with Gasteiger partial charge >= 0.3 is 5.97 Å². The summed E-state index contributed by atoms with van der Waals surface area (Å²) in [6.07, 6.45) is 2.10. The first-order valence-electron chi connectivity index (χ1n) is 7.73. The summed E-state index contributed by atoms with van der Waals surface area (Å²) in [4.78, 5) is 40.2. The van der Waals surface area contributed by atoms with Crippen LogP contribution in [0.5, 0.6) is 0 Å². The predicted octanol–water partition coefficient (Wildman–Crippen LogP) is 1.98. The van der Waals surface area contributed by atoms with Crippen molar-refractivity contribution in [1.82, 2.24) is 9.80 Å². The number of hydrogen-bond acceptors (Lipinski definition) is 4. The standard InChI is InChI=1S/C16H22N2O4S/c1-11-5-6-14(23-11)16(22)17-8-3-4-13(7-9-17)18(12(2)19)10-15(20)21/h5-6,13H,3-4,7-10H2,1-2H3,(H,20,21)/t13-/m0/s1. The SMILES string of the molecule is CC(=O)N(CC(=O)O)[C@H]1CCCN(C(=O)c2ccc(C)s2)CC1. The molecule has 0 radical (unpaired) electrons. The van der Waals surface area contributed by atoms with E-state index in [4.69, 9.17) is 5.11 Å². The molecule has 1 aliphatic rings. The minimum atomic E-state index is -1.01. The highest BCUT2D eigenvalue weighted by Gasteiger charge is 2.28. The second-order valence-electron chi connectivity index (χ2n) is 5.83. The Labute approximate surface area is 139 Å². The molecule has 2 rings (SSSR count). The van der Waals surface area contributed by atoms with Gasteiger partial charge in [0.15, 0.2) is 0 Å². The van der Waals surface area contributed by atoms with Crippen LogP contribution in [0.1, 0.15) is 40.7 Å². The highest BCUT2D eigenvalue weighted by atomic mass is 32.1. The van der Waals surface area contributed by atoms with Gasteiger partial charge in [-0.25, -0.2) is 0 Å². The van der Waals surface area contributed by atoms with Crippen LogP contribution in [0.15, 0.2) is 12.1 Å². The number of rotatable bonds is 4. The molecule has 2 heterocycles. The summed E-state index contributed by atoms with van der Waals surface area (Å²) < 4.78 is 0. The number of aliphatic carboxylic acids is 1. The third kappa shape index (κ3) is 4.54. The van der Waals surface area contributed by atoms with Crippen molar-refractivity contribution in [2.24, 2.45) is 0 Å². The van der Waals surface area contributed by atoms with Gasteiger partial charge in [0.2, 0.25) is 5.91 Å². The van der Waals surface area contributed by atoms with Crippen molar-refractivity contribution in [3.05, 3.63) is 21.9 Å². The number of nitrogens with zero attached hydrogens (tertiary/aromatic N) is 2. The largest absolute Gasteiger partial charge is 0.480 e. The quantitative estimate of drug-likeness (QED) is 0.911. The molecule has 1 aliphatic heterocycles. The molecular formula is C16H22N2O4S. The van der Waals surface area contributed by atoms with Gasteiger partial charge in [-0.15, -0.1) is 11.3 Å². The first-order chi connectivity index (χ1) is 10.9. The Kier molecular flexibility index (Phi) is 5.76. The van der Waals surface area contributed by atoms with Crippen LogP contribution < -0.4 is 0 Å². The number of likely N-dealkylation sites (tertiary alicyclic amines) is 1. The summed E-state index contributed by atoms with van der Waals surface area (Å²) in [6.45, 7) is 4.27. The maximum absolute atomic E-state index is 12.5. The highest BCUT2D eigenvalue weighted by Crippen LogP contribution is 2.22. The third-order valence-corrected chi connectivity index (χ3v) is 5.08.